The van der Waals surface area contributed by atoms with Crippen molar-refractivity contribution in [3.05, 3.63) is 31.2 Å². The van der Waals surface area contributed by atoms with Gasteiger partial charge in [0.15, 0.2) is 0 Å². The van der Waals surface area contributed by atoms with Crippen LogP contribution in [0, 0.1) is 3.57 Å². The van der Waals surface area contributed by atoms with Crippen LogP contribution in [-0.2, 0) is 0 Å². The van der Waals surface area contributed by atoms with E-state index in [9.17, 15) is 0 Å². The minimum Gasteiger partial charge on any atom is -0.0837 e. The van der Waals surface area contributed by atoms with E-state index >= 15 is 0 Å². The highest BCUT2D eigenvalue weighted by Crippen LogP contribution is 2.06. The summed E-state index contributed by atoms with van der Waals surface area (Å²) in [6.07, 6.45) is 6.75. The van der Waals surface area contributed by atoms with Crippen molar-refractivity contribution in [3.8, 4) is 0 Å². The lowest BCUT2D eigenvalue weighted by atomic mass is 10.1. The van der Waals surface area contributed by atoms with Crippen LogP contribution in [0.1, 0.15) is 12.8 Å². The largest absolute Gasteiger partial charge is 0.0837 e. The molecule has 0 unspecified atom stereocenters. The van der Waals surface area contributed by atoms with Gasteiger partial charge in [0, 0.05) is 8.59 Å². The van der Waals surface area contributed by atoms with Gasteiger partial charge in [0.25, 0.3) is 0 Å². The van der Waals surface area contributed by atoms with Crippen molar-refractivity contribution in [2.24, 2.45) is 0 Å². The van der Waals surface area contributed by atoms with Crippen LogP contribution in [0.2, 0.25) is 5.02 Å². The van der Waals surface area contributed by atoms with Gasteiger partial charge in [0.05, 0.1) is 0 Å². The van der Waals surface area contributed by atoms with Gasteiger partial charge in [-0.3, -0.25) is 0 Å². The summed E-state index contributed by atoms with van der Waals surface area (Å²) in [5.74, 6) is 0. The van der Waals surface area contributed by atoms with Crippen LogP contribution in [0.4, 0.5) is 0 Å². The molecule has 0 bridgehead atoms. The van der Waals surface area contributed by atoms with Crippen LogP contribution in [0.15, 0.2) is 12.1 Å². The lowest BCUT2D eigenvalue weighted by Crippen LogP contribution is -2.30. The van der Waals surface area contributed by atoms with E-state index in [0.717, 1.165) is 17.9 Å². The van der Waals surface area contributed by atoms with E-state index in [1.807, 2.05) is 6.07 Å². The second-order valence-corrected chi connectivity index (χ2v) is 4.41. The Morgan fingerprint density at radius 3 is 2.42 bits per heavy atom. The van der Waals surface area contributed by atoms with Gasteiger partial charge >= 0.3 is 0 Å². The summed E-state index contributed by atoms with van der Waals surface area (Å²) in [5.41, 5.74) is 0. The Morgan fingerprint density at radius 1 is 1.08 bits per heavy atom. The fourth-order valence-corrected chi connectivity index (χ4v) is 2.39. The van der Waals surface area contributed by atoms with Crippen molar-refractivity contribution in [3.63, 3.8) is 0 Å². The molecule has 0 heterocycles. The fraction of sp³-hybridized carbons (Fsp3) is 0.200. The molecule has 12 heavy (non-hydrogen) atoms. The maximum Gasteiger partial charge on any atom is 0.0481 e. The molecule has 0 radical (unpaired) electrons. The molecule has 1 aliphatic rings. The van der Waals surface area contributed by atoms with Crippen molar-refractivity contribution in [1.29, 1.82) is 0 Å². The number of hydrogen-bond acceptors (Lipinski definition) is 0. The molecule has 0 spiro atoms. The Balaban J connectivity index is 2.92. The van der Waals surface area contributed by atoms with E-state index in [2.05, 4.69) is 40.8 Å². The third-order valence-corrected chi connectivity index (χ3v) is 3.31. The Labute approximate surface area is 90.1 Å². The van der Waals surface area contributed by atoms with Gasteiger partial charge in [0.1, 0.15) is 0 Å². The van der Waals surface area contributed by atoms with Gasteiger partial charge in [-0.2, -0.15) is 0 Å². The minimum absolute atomic E-state index is 0.876. The zero-order valence-electron chi connectivity index (χ0n) is 6.48. The third-order valence-electron chi connectivity index (χ3n) is 2.04. The summed E-state index contributed by atoms with van der Waals surface area (Å²) in [6.45, 7) is 0. The summed E-state index contributed by atoms with van der Waals surface area (Å²) >= 11 is 8.41. The number of benzene rings is 1. The normalized spacial score (nSPS) is 14.5. The monoisotopic (exact) mass is 290 g/mol. The van der Waals surface area contributed by atoms with Gasteiger partial charge in [0.2, 0.25) is 0 Å². The van der Waals surface area contributed by atoms with E-state index in [1.54, 1.807) is 0 Å². The van der Waals surface area contributed by atoms with Crippen LogP contribution in [0.25, 0.3) is 12.2 Å². The topological polar surface area (TPSA) is 0 Å². The van der Waals surface area contributed by atoms with E-state index in [0.29, 0.717) is 0 Å². The first-order valence-corrected chi connectivity index (χ1v) is 5.39. The van der Waals surface area contributed by atoms with Gasteiger partial charge < -0.3 is 0 Å². The average molecular weight is 291 g/mol. The molecule has 0 N–H and O–H groups in total. The molecule has 0 saturated carbocycles. The maximum absolute atomic E-state index is 6.06. The summed E-state index contributed by atoms with van der Waals surface area (Å²) in [7, 11) is 0. The summed E-state index contributed by atoms with van der Waals surface area (Å²) in [4.78, 5) is 0. The Bertz CT molecular complexity index is 379. The van der Waals surface area contributed by atoms with Gasteiger partial charge in [-0.1, -0.05) is 23.8 Å². The highest BCUT2D eigenvalue weighted by atomic mass is 127. The molecule has 2 rings (SSSR count). The molecule has 62 valence electrons. The molecule has 1 aromatic carbocycles. The molecule has 1 aromatic rings. The second-order valence-electron chi connectivity index (χ2n) is 2.84. The lowest BCUT2D eigenvalue weighted by molar-refractivity contribution is 1.11. The molecule has 0 amide bonds. The smallest absolute Gasteiger partial charge is 0.0481 e. The summed E-state index contributed by atoms with van der Waals surface area (Å²) in [5, 5.41) is 3.41. The zero-order chi connectivity index (χ0) is 8.55. The Hall–Kier alpha value is -0.0200. The summed E-state index contributed by atoms with van der Waals surface area (Å²) < 4.78 is 1.29. The molecule has 1 aliphatic carbocycles. The SMILES string of the molecule is Clc1ccc(I)c2c1=CCCC=2. The fourth-order valence-electron chi connectivity index (χ4n) is 1.45. The highest BCUT2D eigenvalue weighted by Gasteiger charge is 2.00. The molecule has 0 saturated heterocycles. The van der Waals surface area contributed by atoms with E-state index in [4.69, 9.17) is 11.6 Å². The van der Waals surface area contributed by atoms with Crippen LogP contribution in [0.5, 0.6) is 0 Å². The predicted octanol–water partition coefficient (Wildman–Crippen LogP) is 2.30. The van der Waals surface area contributed by atoms with Crippen LogP contribution in [-0.4, -0.2) is 0 Å². The van der Waals surface area contributed by atoms with E-state index in [-0.39, 0.29) is 0 Å². The van der Waals surface area contributed by atoms with E-state index in [1.165, 1.54) is 14.0 Å². The number of rotatable bonds is 0. The third kappa shape index (κ3) is 1.40. The molecular weight excluding hydrogens is 282 g/mol. The van der Waals surface area contributed by atoms with Gasteiger partial charge in [-0.25, -0.2) is 0 Å². The summed E-state index contributed by atoms with van der Waals surface area (Å²) in [6, 6.07) is 4.04. The van der Waals surface area contributed by atoms with Crippen LogP contribution >= 0.6 is 34.2 Å². The average Bonchev–Trinajstić information content (AvgIpc) is 2.12. The maximum atomic E-state index is 6.06. The first-order valence-electron chi connectivity index (χ1n) is 3.93. The van der Waals surface area contributed by atoms with Crippen molar-refractivity contribution >= 4 is 46.3 Å². The van der Waals surface area contributed by atoms with Crippen LogP contribution < -0.4 is 10.4 Å². The minimum atomic E-state index is 0.876. The number of hydrogen-bond donors (Lipinski definition) is 0. The van der Waals surface area contributed by atoms with Crippen molar-refractivity contribution in [1.82, 2.24) is 0 Å². The quantitative estimate of drug-likeness (QED) is 0.643. The van der Waals surface area contributed by atoms with Crippen molar-refractivity contribution in [2.75, 3.05) is 0 Å². The first kappa shape index (κ1) is 8.57. The van der Waals surface area contributed by atoms with Gasteiger partial charge in [-0.15, -0.1) is 0 Å². The second kappa shape index (κ2) is 3.38. The van der Waals surface area contributed by atoms with Crippen LogP contribution in [0.3, 0.4) is 0 Å². The molecular formula is C10H8ClI. The highest BCUT2D eigenvalue weighted by molar-refractivity contribution is 14.1. The molecule has 0 aromatic heterocycles. The standard InChI is InChI=1S/C10H8ClI/c11-9-5-6-10(12)8-4-2-1-3-7(8)9/h3-6H,1-2H2. The number of fused-ring (bicyclic) bond motifs is 1. The Morgan fingerprint density at radius 2 is 1.75 bits per heavy atom. The molecule has 0 aliphatic heterocycles. The molecule has 0 atom stereocenters. The van der Waals surface area contributed by atoms with Gasteiger partial charge in [-0.05, 0) is 58.0 Å². The van der Waals surface area contributed by atoms with Crippen molar-refractivity contribution < 1.29 is 0 Å². The predicted molar refractivity (Wildman–Crippen MR) is 61.6 cm³/mol. The zero-order valence-corrected chi connectivity index (χ0v) is 9.39. The molecule has 0 fully saturated rings. The number of halogens is 2. The van der Waals surface area contributed by atoms with E-state index < -0.39 is 0 Å². The first-order chi connectivity index (χ1) is 5.79. The Kier molecular flexibility index (Phi) is 2.42. The lowest BCUT2D eigenvalue weighted by Gasteiger charge is -2.03. The molecule has 2 heteroatoms. The van der Waals surface area contributed by atoms with Crippen molar-refractivity contribution in [2.45, 2.75) is 12.8 Å². The molecule has 0 nitrogen and oxygen atoms in total.